The molecule has 0 atom stereocenters. The number of anilines is 3. The molecule has 0 bridgehead atoms. The van der Waals surface area contributed by atoms with Crippen molar-refractivity contribution in [1.82, 2.24) is 0 Å². The van der Waals surface area contributed by atoms with Crippen molar-refractivity contribution in [2.45, 2.75) is 20.0 Å². The number of ether oxygens (including phenoxy) is 1. The molecule has 1 fully saturated rings. The normalized spacial score (nSPS) is 15.8. The molecule has 2 rings (SSSR count). The van der Waals surface area contributed by atoms with Crippen LogP contribution in [0, 0.1) is 0 Å². The van der Waals surface area contributed by atoms with Crippen LogP contribution >= 0.6 is 7.60 Å². The third-order valence-corrected chi connectivity index (χ3v) is 5.79. The predicted octanol–water partition coefficient (Wildman–Crippen LogP) is 3.76. The Hall–Kier alpha value is -1.48. The fourth-order valence-corrected chi connectivity index (χ4v) is 4.16. The fourth-order valence-electron chi connectivity index (χ4n) is 2.75. The van der Waals surface area contributed by atoms with Crippen molar-refractivity contribution < 1.29 is 31.5 Å². The average Bonchev–Trinajstić information content (AvgIpc) is 2.61. The largest absolute Gasteiger partial charge is 0.418 e. The lowest BCUT2D eigenvalue weighted by Gasteiger charge is -2.32. The van der Waals surface area contributed by atoms with Gasteiger partial charge in [-0.1, -0.05) is 0 Å². The zero-order valence-corrected chi connectivity index (χ0v) is 16.2. The third kappa shape index (κ3) is 5.75. The number of nitrogens with zero attached hydrogens (tertiary/aromatic N) is 1. The number of rotatable bonds is 8. The molecule has 7 nitrogen and oxygen atoms in total. The molecule has 0 aromatic heterocycles. The van der Waals surface area contributed by atoms with E-state index in [9.17, 15) is 17.7 Å². The van der Waals surface area contributed by atoms with Gasteiger partial charge in [0.25, 0.3) is 0 Å². The second-order valence-corrected chi connectivity index (χ2v) is 7.89. The molecule has 0 spiro atoms. The number of benzene rings is 1. The number of nitrogens with two attached hydrogens (primary N) is 1. The summed E-state index contributed by atoms with van der Waals surface area (Å²) in [6.45, 7) is 5.07. The molecule has 0 amide bonds. The van der Waals surface area contributed by atoms with Gasteiger partial charge in [-0.25, -0.2) is 0 Å². The van der Waals surface area contributed by atoms with Crippen molar-refractivity contribution in [3.05, 3.63) is 17.7 Å². The van der Waals surface area contributed by atoms with Crippen LogP contribution in [0.1, 0.15) is 19.4 Å². The minimum Gasteiger partial charge on any atom is -0.397 e. The van der Waals surface area contributed by atoms with Crippen molar-refractivity contribution >= 4 is 24.7 Å². The first-order valence-electron chi connectivity index (χ1n) is 8.65. The second kappa shape index (κ2) is 9.14. The zero-order valence-electron chi connectivity index (χ0n) is 15.3. The maximum atomic E-state index is 13.5. The summed E-state index contributed by atoms with van der Waals surface area (Å²) in [5, 5.41) is 2.82. The van der Waals surface area contributed by atoms with Crippen LogP contribution in [0.2, 0.25) is 0 Å². The topological polar surface area (TPSA) is 86.0 Å². The van der Waals surface area contributed by atoms with Crippen molar-refractivity contribution in [3.8, 4) is 0 Å². The molecule has 1 aromatic carbocycles. The van der Waals surface area contributed by atoms with E-state index < -0.39 is 19.3 Å². The molecule has 1 heterocycles. The number of halogens is 3. The van der Waals surface area contributed by atoms with Crippen LogP contribution in [0.5, 0.6) is 0 Å². The summed E-state index contributed by atoms with van der Waals surface area (Å²) >= 11 is 0. The van der Waals surface area contributed by atoms with E-state index in [1.165, 1.54) is 6.07 Å². The summed E-state index contributed by atoms with van der Waals surface area (Å²) in [5.74, 6) is 0. The quantitative estimate of drug-likeness (QED) is 0.498. The summed E-state index contributed by atoms with van der Waals surface area (Å²) in [6.07, 6.45) is -4.75. The van der Waals surface area contributed by atoms with Gasteiger partial charge in [-0.15, -0.1) is 0 Å². The lowest BCUT2D eigenvalue weighted by atomic mass is 10.1. The van der Waals surface area contributed by atoms with E-state index in [1.54, 1.807) is 18.7 Å². The maximum Gasteiger partial charge on any atom is 0.418 e. The number of alkyl halides is 3. The Kier molecular flexibility index (Phi) is 7.39. The van der Waals surface area contributed by atoms with Gasteiger partial charge in [0.05, 0.1) is 49.1 Å². The fraction of sp³-hybridized carbons (Fsp3) is 0.625. The van der Waals surface area contributed by atoms with Crippen molar-refractivity contribution in [1.29, 1.82) is 0 Å². The molecule has 3 N–H and O–H groups in total. The van der Waals surface area contributed by atoms with E-state index in [2.05, 4.69) is 5.32 Å². The van der Waals surface area contributed by atoms with E-state index in [-0.39, 0.29) is 36.6 Å². The Balaban J connectivity index is 2.32. The SMILES string of the molecule is CCOP(=O)(CNc1cc(N2CCOCC2)c(C(F)(F)F)cc1N)OCC. The monoisotopic (exact) mass is 411 g/mol. The Labute approximate surface area is 156 Å². The number of hydrogen-bond acceptors (Lipinski definition) is 7. The number of morpholine rings is 1. The molecule has 11 heteroatoms. The van der Waals surface area contributed by atoms with Gasteiger partial charge in [-0.2, -0.15) is 13.2 Å². The second-order valence-electron chi connectivity index (χ2n) is 5.84. The number of nitrogen functional groups attached to an aromatic ring is 1. The van der Waals surface area contributed by atoms with Crippen molar-refractivity contribution in [2.75, 3.05) is 61.8 Å². The first-order chi connectivity index (χ1) is 12.7. The van der Waals surface area contributed by atoms with Crippen LogP contribution in [-0.4, -0.2) is 45.8 Å². The van der Waals surface area contributed by atoms with Gasteiger partial charge in [0.15, 0.2) is 0 Å². The maximum absolute atomic E-state index is 13.5. The highest BCUT2D eigenvalue weighted by atomic mass is 31.2. The van der Waals surface area contributed by atoms with Gasteiger partial charge >= 0.3 is 13.8 Å². The van der Waals surface area contributed by atoms with Crippen LogP contribution in [0.25, 0.3) is 0 Å². The molecule has 27 heavy (non-hydrogen) atoms. The van der Waals surface area contributed by atoms with Crippen molar-refractivity contribution in [3.63, 3.8) is 0 Å². The van der Waals surface area contributed by atoms with Gasteiger partial charge in [-0.3, -0.25) is 4.57 Å². The summed E-state index contributed by atoms with van der Waals surface area (Å²) in [7, 11) is -3.42. The van der Waals surface area contributed by atoms with Gasteiger partial charge in [0.1, 0.15) is 6.29 Å². The summed E-state index contributed by atoms with van der Waals surface area (Å²) in [4.78, 5) is 1.60. The highest BCUT2D eigenvalue weighted by Gasteiger charge is 2.36. The molecule has 0 unspecified atom stereocenters. The molecule has 1 saturated heterocycles. The highest BCUT2D eigenvalue weighted by molar-refractivity contribution is 7.53. The Bertz CT molecular complexity index is 672. The molecule has 1 aliphatic rings. The van der Waals surface area contributed by atoms with Gasteiger partial charge in [-0.05, 0) is 26.0 Å². The summed E-state index contributed by atoms with van der Waals surface area (Å²) in [6, 6.07) is 2.21. The number of nitrogens with one attached hydrogen (secondary N) is 1. The minimum atomic E-state index is -4.55. The molecule has 0 aliphatic carbocycles. The van der Waals surface area contributed by atoms with Crippen LogP contribution in [-0.2, 0) is 24.5 Å². The van der Waals surface area contributed by atoms with Gasteiger partial charge in [0, 0.05) is 13.1 Å². The third-order valence-electron chi connectivity index (χ3n) is 3.94. The zero-order chi connectivity index (χ0) is 20.1. The van der Waals surface area contributed by atoms with E-state index >= 15 is 0 Å². The minimum absolute atomic E-state index is 0.00477. The summed E-state index contributed by atoms with van der Waals surface area (Å²) < 4.78 is 68.5. The smallest absolute Gasteiger partial charge is 0.397 e. The Morgan fingerprint density at radius 2 is 1.81 bits per heavy atom. The van der Waals surface area contributed by atoms with Gasteiger partial charge < -0.3 is 29.7 Å². The molecular formula is C16H25F3N3O4P. The molecule has 0 radical (unpaired) electrons. The Morgan fingerprint density at radius 3 is 2.33 bits per heavy atom. The lowest BCUT2D eigenvalue weighted by Crippen LogP contribution is -2.37. The standard InChI is InChI=1S/C16H25F3N3O4P/c1-3-25-27(23,26-4-2)11-21-14-10-15(22-5-7-24-8-6-22)12(9-13(14)20)16(17,18)19/h9-10,21H,3-8,11,20H2,1-2H3. The Morgan fingerprint density at radius 1 is 1.22 bits per heavy atom. The highest BCUT2D eigenvalue weighted by Crippen LogP contribution is 2.48. The molecule has 1 aromatic rings. The first-order valence-corrected chi connectivity index (χ1v) is 10.4. The molecule has 1 aliphatic heterocycles. The van der Waals surface area contributed by atoms with E-state index in [1.807, 2.05) is 0 Å². The molecule has 154 valence electrons. The van der Waals surface area contributed by atoms with E-state index in [4.69, 9.17) is 19.5 Å². The lowest BCUT2D eigenvalue weighted by molar-refractivity contribution is -0.137. The predicted molar refractivity (Wildman–Crippen MR) is 98.2 cm³/mol. The number of hydrogen-bond donors (Lipinski definition) is 2. The average molecular weight is 411 g/mol. The molecule has 0 saturated carbocycles. The van der Waals surface area contributed by atoms with Crippen molar-refractivity contribution in [2.24, 2.45) is 0 Å². The summed E-state index contributed by atoms with van der Waals surface area (Å²) in [5.41, 5.74) is 5.15. The van der Waals surface area contributed by atoms with Crippen LogP contribution < -0.4 is 16.0 Å². The van der Waals surface area contributed by atoms with Crippen LogP contribution in [0.3, 0.4) is 0 Å². The molecular weight excluding hydrogens is 386 g/mol. The van der Waals surface area contributed by atoms with E-state index in [0.717, 1.165) is 6.07 Å². The van der Waals surface area contributed by atoms with E-state index in [0.29, 0.717) is 26.3 Å². The first kappa shape index (κ1) is 21.8. The van der Waals surface area contributed by atoms with Crippen LogP contribution in [0.4, 0.5) is 30.2 Å². The van der Waals surface area contributed by atoms with Crippen LogP contribution in [0.15, 0.2) is 12.1 Å². The van der Waals surface area contributed by atoms with Gasteiger partial charge in [0.2, 0.25) is 0 Å².